The summed E-state index contributed by atoms with van der Waals surface area (Å²) in [5.74, 6) is 0.858. The summed E-state index contributed by atoms with van der Waals surface area (Å²) in [6.45, 7) is 3.21. The molecule has 24 heavy (non-hydrogen) atoms. The second-order valence-corrected chi connectivity index (χ2v) is 5.22. The van der Waals surface area contributed by atoms with Gasteiger partial charge in [0.2, 0.25) is 11.8 Å². The molecular formula is C16H19N5O3. The summed E-state index contributed by atoms with van der Waals surface area (Å²) >= 11 is 0. The number of pyridine rings is 1. The molecule has 8 nitrogen and oxygen atoms in total. The highest BCUT2D eigenvalue weighted by atomic mass is 16.5. The fourth-order valence-corrected chi connectivity index (χ4v) is 2.33. The Morgan fingerprint density at radius 3 is 2.88 bits per heavy atom. The van der Waals surface area contributed by atoms with Crippen molar-refractivity contribution in [2.45, 2.75) is 6.54 Å². The van der Waals surface area contributed by atoms with Crippen LogP contribution in [0, 0.1) is 0 Å². The van der Waals surface area contributed by atoms with Crippen molar-refractivity contribution >= 4 is 11.9 Å². The zero-order valence-corrected chi connectivity index (χ0v) is 13.4. The molecular weight excluding hydrogens is 310 g/mol. The Hall–Kier alpha value is -2.74. The number of amides is 1. The lowest BCUT2D eigenvalue weighted by molar-refractivity contribution is 0.0950. The van der Waals surface area contributed by atoms with E-state index < -0.39 is 0 Å². The van der Waals surface area contributed by atoms with Crippen LogP contribution in [0.1, 0.15) is 16.1 Å². The molecule has 1 aliphatic rings. The monoisotopic (exact) mass is 329 g/mol. The van der Waals surface area contributed by atoms with Crippen LogP contribution in [0.3, 0.4) is 0 Å². The van der Waals surface area contributed by atoms with E-state index in [2.05, 4.69) is 25.2 Å². The minimum Gasteiger partial charge on any atom is -0.481 e. The van der Waals surface area contributed by atoms with Crippen molar-refractivity contribution in [2.75, 3.05) is 38.3 Å². The molecule has 0 aromatic carbocycles. The van der Waals surface area contributed by atoms with Crippen LogP contribution in [0.5, 0.6) is 5.88 Å². The molecule has 0 unspecified atom stereocenters. The second kappa shape index (κ2) is 7.69. The first-order valence-corrected chi connectivity index (χ1v) is 7.69. The molecule has 0 radical (unpaired) electrons. The predicted molar refractivity (Wildman–Crippen MR) is 87.0 cm³/mol. The van der Waals surface area contributed by atoms with Crippen LogP contribution in [0.15, 0.2) is 30.6 Å². The van der Waals surface area contributed by atoms with Gasteiger partial charge in [-0.05, 0) is 12.1 Å². The van der Waals surface area contributed by atoms with Crippen LogP contribution in [0.2, 0.25) is 0 Å². The molecule has 8 heteroatoms. The number of methoxy groups -OCH3 is 1. The Kier molecular flexibility index (Phi) is 5.17. The van der Waals surface area contributed by atoms with Crippen molar-refractivity contribution in [3.05, 3.63) is 41.9 Å². The van der Waals surface area contributed by atoms with Crippen LogP contribution in [-0.2, 0) is 11.3 Å². The maximum Gasteiger partial charge on any atom is 0.251 e. The van der Waals surface area contributed by atoms with Crippen molar-refractivity contribution in [1.29, 1.82) is 0 Å². The normalized spacial score (nSPS) is 14.3. The number of rotatable bonds is 5. The summed E-state index contributed by atoms with van der Waals surface area (Å²) < 4.78 is 10.4. The van der Waals surface area contributed by atoms with Crippen molar-refractivity contribution in [1.82, 2.24) is 20.3 Å². The number of carbonyl (C=O) groups excluding carboxylic acids is 1. The predicted octanol–water partition coefficient (Wildman–Crippen LogP) is 0.647. The third-order valence-corrected chi connectivity index (χ3v) is 3.63. The number of anilines is 1. The lowest BCUT2D eigenvalue weighted by Crippen LogP contribution is -2.37. The average molecular weight is 329 g/mol. The third-order valence-electron chi connectivity index (χ3n) is 3.63. The Morgan fingerprint density at radius 1 is 1.29 bits per heavy atom. The Labute approximate surface area is 139 Å². The minimum atomic E-state index is -0.206. The highest BCUT2D eigenvalue weighted by Gasteiger charge is 2.14. The average Bonchev–Trinajstić information content (AvgIpc) is 2.67. The largest absolute Gasteiger partial charge is 0.481 e. The molecule has 3 rings (SSSR count). The molecule has 1 aliphatic heterocycles. The van der Waals surface area contributed by atoms with Gasteiger partial charge >= 0.3 is 0 Å². The highest BCUT2D eigenvalue weighted by Crippen LogP contribution is 2.11. The van der Waals surface area contributed by atoms with E-state index in [-0.39, 0.29) is 5.91 Å². The van der Waals surface area contributed by atoms with E-state index in [1.165, 1.54) is 13.3 Å². The Balaban J connectivity index is 1.62. The van der Waals surface area contributed by atoms with Gasteiger partial charge in [0.05, 0.1) is 32.6 Å². The van der Waals surface area contributed by atoms with E-state index in [9.17, 15) is 4.79 Å². The van der Waals surface area contributed by atoms with E-state index >= 15 is 0 Å². The van der Waals surface area contributed by atoms with E-state index in [1.54, 1.807) is 24.4 Å². The number of aromatic nitrogens is 3. The number of hydrogen-bond donors (Lipinski definition) is 1. The molecule has 0 spiro atoms. The number of nitrogens with one attached hydrogen (secondary N) is 1. The van der Waals surface area contributed by atoms with Crippen LogP contribution < -0.4 is 15.0 Å². The minimum absolute atomic E-state index is 0.206. The van der Waals surface area contributed by atoms with Crippen LogP contribution in [0.25, 0.3) is 0 Å². The first-order valence-electron chi connectivity index (χ1n) is 7.69. The molecule has 1 amide bonds. The SMILES string of the molecule is COc1cc(C(=O)NCc2ccnc(N3CCOCC3)n2)ccn1. The van der Waals surface area contributed by atoms with Crippen LogP contribution in [-0.4, -0.2) is 54.3 Å². The lowest BCUT2D eigenvalue weighted by atomic mass is 10.2. The third kappa shape index (κ3) is 3.96. The van der Waals surface area contributed by atoms with E-state index in [0.717, 1.165) is 18.8 Å². The smallest absolute Gasteiger partial charge is 0.251 e. The van der Waals surface area contributed by atoms with E-state index in [0.29, 0.717) is 37.2 Å². The van der Waals surface area contributed by atoms with Crippen molar-refractivity contribution in [2.24, 2.45) is 0 Å². The number of ether oxygens (including phenoxy) is 2. The lowest BCUT2D eigenvalue weighted by Gasteiger charge is -2.26. The zero-order valence-electron chi connectivity index (χ0n) is 13.4. The standard InChI is InChI=1S/C16H19N5O3/c1-23-14-10-12(2-4-17-14)15(22)19-11-13-3-5-18-16(20-13)21-6-8-24-9-7-21/h2-5,10H,6-9,11H2,1H3,(H,19,22). The Morgan fingerprint density at radius 2 is 2.08 bits per heavy atom. The van der Waals surface area contributed by atoms with Gasteiger partial charge in [-0.3, -0.25) is 4.79 Å². The molecule has 1 saturated heterocycles. The van der Waals surface area contributed by atoms with Crippen LogP contribution in [0.4, 0.5) is 5.95 Å². The second-order valence-electron chi connectivity index (χ2n) is 5.22. The summed E-state index contributed by atoms with van der Waals surface area (Å²) in [6.07, 6.45) is 3.24. The molecule has 3 heterocycles. The summed E-state index contributed by atoms with van der Waals surface area (Å²) in [5, 5.41) is 2.84. The molecule has 1 N–H and O–H groups in total. The van der Waals surface area contributed by atoms with Gasteiger partial charge in [-0.1, -0.05) is 0 Å². The van der Waals surface area contributed by atoms with Crippen molar-refractivity contribution in [3.8, 4) is 5.88 Å². The number of hydrogen-bond acceptors (Lipinski definition) is 7. The van der Waals surface area contributed by atoms with Crippen molar-refractivity contribution in [3.63, 3.8) is 0 Å². The molecule has 0 saturated carbocycles. The first-order chi connectivity index (χ1) is 11.8. The molecule has 126 valence electrons. The topological polar surface area (TPSA) is 89.5 Å². The molecule has 0 bridgehead atoms. The van der Waals surface area contributed by atoms with Crippen molar-refractivity contribution < 1.29 is 14.3 Å². The van der Waals surface area contributed by atoms with E-state index in [4.69, 9.17) is 9.47 Å². The highest BCUT2D eigenvalue weighted by molar-refractivity contribution is 5.94. The van der Waals surface area contributed by atoms with Gasteiger partial charge in [-0.2, -0.15) is 0 Å². The molecule has 0 aliphatic carbocycles. The summed E-state index contributed by atoms with van der Waals surface area (Å²) in [7, 11) is 1.51. The van der Waals surface area contributed by atoms with Gasteiger partial charge in [0, 0.05) is 37.1 Å². The maximum atomic E-state index is 12.2. The Bertz CT molecular complexity index is 704. The van der Waals surface area contributed by atoms with Gasteiger partial charge in [0.25, 0.3) is 5.91 Å². The number of nitrogens with zero attached hydrogens (tertiary/aromatic N) is 4. The summed E-state index contributed by atoms with van der Waals surface area (Å²) in [5.41, 5.74) is 1.24. The molecule has 0 atom stereocenters. The molecule has 2 aromatic heterocycles. The van der Waals surface area contributed by atoms with Gasteiger partial charge in [-0.25, -0.2) is 15.0 Å². The fraction of sp³-hybridized carbons (Fsp3) is 0.375. The summed E-state index contributed by atoms with van der Waals surface area (Å²) in [6, 6.07) is 5.02. The number of carbonyl (C=O) groups is 1. The van der Waals surface area contributed by atoms with Gasteiger partial charge in [0.1, 0.15) is 0 Å². The van der Waals surface area contributed by atoms with Gasteiger partial charge < -0.3 is 19.7 Å². The maximum absolute atomic E-state index is 12.2. The fourth-order valence-electron chi connectivity index (χ4n) is 2.33. The zero-order chi connectivity index (χ0) is 16.8. The van der Waals surface area contributed by atoms with E-state index in [1.807, 2.05) is 0 Å². The quantitative estimate of drug-likeness (QED) is 0.861. The van der Waals surface area contributed by atoms with Gasteiger partial charge in [0.15, 0.2) is 0 Å². The molecule has 1 fully saturated rings. The number of morpholine rings is 1. The molecule has 2 aromatic rings. The van der Waals surface area contributed by atoms with Gasteiger partial charge in [-0.15, -0.1) is 0 Å². The first kappa shape index (κ1) is 16.1. The van der Waals surface area contributed by atoms with Crippen LogP contribution >= 0.6 is 0 Å². The summed E-state index contributed by atoms with van der Waals surface area (Å²) in [4.78, 5) is 27.1.